The van der Waals surface area contributed by atoms with E-state index >= 15 is 0 Å². The van der Waals surface area contributed by atoms with Crippen LogP contribution in [0.2, 0.25) is 0 Å². The normalized spacial score (nSPS) is 11.8. The van der Waals surface area contributed by atoms with Crippen molar-refractivity contribution in [3.8, 4) is 0 Å². The number of ketones is 4. The highest BCUT2D eigenvalue weighted by molar-refractivity contribution is 5.98. The molecule has 0 bridgehead atoms. The van der Waals surface area contributed by atoms with Gasteiger partial charge in [0.2, 0.25) is 0 Å². The van der Waals surface area contributed by atoms with Crippen LogP contribution in [0.4, 0.5) is 0 Å². The number of hydrogen-bond acceptors (Lipinski definition) is 5. The first-order valence-corrected chi connectivity index (χ1v) is 14.9. The van der Waals surface area contributed by atoms with Crippen molar-refractivity contribution >= 4 is 29.4 Å². The molecule has 0 atom stereocenters. The van der Waals surface area contributed by atoms with Gasteiger partial charge in [0.05, 0.1) is 0 Å². The van der Waals surface area contributed by atoms with E-state index in [-0.39, 0.29) is 17.3 Å². The maximum atomic E-state index is 11.3. The number of hydrogen-bond donors (Lipinski definition) is 0. The topological polar surface area (TPSA) is 85.3 Å². The third-order valence-electron chi connectivity index (χ3n) is 6.14. The van der Waals surface area contributed by atoms with Crippen LogP contribution in [0.25, 0.3) is 0 Å². The van der Waals surface area contributed by atoms with Crippen molar-refractivity contribution in [1.29, 1.82) is 0 Å². The standard InChI is InChI=1S/C11H20O2.C11H18O.C7H14O.C4H6O/c1-3-4-5-6-7-11(13)9-8-10(2)12;1-3-4-5-6-10-9(2)7-8-11(10)12;1-2-3-4-5-6-7-8;1-3-4(2)5/h3-9H2,1-2H3;3-8H2,1-2H3;7H,2-6H2,1H3;3H,1H2,2H3. The van der Waals surface area contributed by atoms with Gasteiger partial charge in [0.25, 0.3) is 0 Å². The summed E-state index contributed by atoms with van der Waals surface area (Å²) < 4.78 is 0. The molecule has 0 saturated heterocycles. The summed E-state index contributed by atoms with van der Waals surface area (Å²) in [6, 6.07) is 0. The Morgan fingerprint density at radius 2 is 1.29 bits per heavy atom. The van der Waals surface area contributed by atoms with Crippen LogP contribution in [0.1, 0.15) is 157 Å². The van der Waals surface area contributed by atoms with Crippen molar-refractivity contribution < 1.29 is 24.0 Å². The molecule has 5 nitrogen and oxygen atoms in total. The second-order valence-corrected chi connectivity index (χ2v) is 10.0. The molecular weight excluding hydrogens is 476 g/mol. The van der Waals surface area contributed by atoms with Crippen molar-refractivity contribution in [2.45, 2.75) is 157 Å². The largest absolute Gasteiger partial charge is 0.303 e. The minimum absolute atomic E-state index is 0.0185. The Kier molecular flexibility index (Phi) is 33.0. The third-order valence-corrected chi connectivity index (χ3v) is 6.14. The lowest BCUT2D eigenvalue weighted by atomic mass is 10.0. The first kappa shape index (κ1) is 40.3. The maximum Gasteiger partial charge on any atom is 0.159 e. The summed E-state index contributed by atoms with van der Waals surface area (Å²) in [5.41, 5.74) is 2.49. The molecule has 0 fully saturated rings. The van der Waals surface area contributed by atoms with E-state index in [0.717, 1.165) is 56.8 Å². The lowest BCUT2D eigenvalue weighted by Crippen LogP contribution is -2.01. The van der Waals surface area contributed by atoms with Crippen LogP contribution in [-0.4, -0.2) is 29.4 Å². The van der Waals surface area contributed by atoms with Crippen molar-refractivity contribution in [1.82, 2.24) is 0 Å². The molecule has 0 unspecified atom stereocenters. The molecule has 0 aromatic carbocycles. The van der Waals surface area contributed by atoms with Gasteiger partial charge in [0.15, 0.2) is 11.6 Å². The maximum absolute atomic E-state index is 11.3. The highest BCUT2D eigenvalue weighted by Gasteiger charge is 2.18. The molecule has 0 saturated carbocycles. The van der Waals surface area contributed by atoms with Crippen molar-refractivity contribution in [3.05, 3.63) is 23.8 Å². The number of Topliss-reactive ketones (excluding diaryl/α,β-unsaturated/α-hetero) is 3. The van der Waals surface area contributed by atoms with Gasteiger partial charge in [-0.3, -0.25) is 14.4 Å². The summed E-state index contributed by atoms with van der Waals surface area (Å²) in [4.78, 5) is 52.5. The Bertz CT molecular complexity index is 687. The summed E-state index contributed by atoms with van der Waals surface area (Å²) in [6.45, 7) is 14.8. The molecule has 0 aromatic heterocycles. The number of allylic oxidation sites excluding steroid dienone is 3. The Morgan fingerprint density at radius 3 is 1.71 bits per heavy atom. The predicted molar refractivity (Wildman–Crippen MR) is 160 cm³/mol. The second kappa shape index (κ2) is 31.1. The Morgan fingerprint density at radius 1 is 0.763 bits per heavy atom. The highest BCUT2D eigenvalue weighted by Crippen LogP contribution is 2.26. The minimum atomic E-state index is 0.0185. The van der Waals surface area contributed by atoms with E-state index in [1.54, 1.807) is 0 Å². The van der Waals surface area contributed by atoms with Gasteiger partial charge < -0.3 is 9.59 Å². The fourth-order valence-corrected chi connectivity index (χ4v) is 3.59. The molecule has 38 heavy (non-hydrogen) atoms. The predicted octanol–water partition coefficient (Wildman–Crippen LogP) is 9.06. The molecule has 220 valence electrons. The van der Waals surface area contributed by atoms with Gasteiger partial charge in [0, 0.05) is 32.1 Å². The molecule has 0 radical (unpaired) electrons. The van der Waals surface area contributed by atoms with Gasteiger partial charge in [-0.1, -0.05) is 84.3 Å². The van der Waals surface area contributed by atoms with Crippen LogP contribution in [0.3, 0.4) is 0 Å². The SMILES string of the molecule is C=CC(C)=O.CCCCCC1=C(C)CCC1=O.CCCCCCC(=O)CCC(C)=O.CCCCCCC=O. The van der Waals surface area contributed by atoms with E-state index in [1.165, 1.54) is 76.9 Å². The van der Waals surface area contributed by atoms with Gasteiger partial charge in [-0.25, -0.2) is 0 Å². The molecule has 1 aliphatic rings. The Balaban J connectivity index is -0.000000454. The molecule has 5 heteroatoms. The second-order valence-electron chi connectivity index (χ2n) is 10.0. The zero-order chi connectivity index (χ0) is 29.6. The first-order chi connectivity index (χ1) is 18.1. The van der Waals surface area contributed by atoms with E-state index in [1.807, 2.05) is 0 Å². The summed E-state index contributed by atoms with van der Waals surface area (Å²) in [6.07, 6.45) is 20.4. The van der Waals surface area contributed by atoms with Gasteiger partial charge >= 0.3 is 0 Å². The minimum Gasteiger partial charge on any atom is -0.303 e. The Hall–Kier alpha value is -2.17. The van der Waals surface area contributed by atoms with Crippen molar-refractivity contribution in [2.24, 2.45) is 0 Å². The quantitative estimate of drug-likeness (QED) is 0.0994. The van der Waals surface area contributed by atoms with E-state index in [2.05, 4.69) is 34.3 Å². The van der Waals surface area contributed by atoms with Gasteiger partial charge in [-0.05, 0) is 64.5 Å². The average molecular weight is 535 g/mol. The molecule has 1 rings (SSSR count). The highest BCUT2D eigenvalue weighted by atomic mass is 16.1. The molecule has 0 spiro atoms. The first-order valence-electron chi connectivity index (χ1n) is 14.9. The van der Waals surface area contributed by atoms with Gasteiger partial charge in [-0.15, -0.1) is 0 Å². The molecule has 0 heterocycles. The van der Waals surface area contributed by atoms with Crippen LogP contribution in [0.5, 0.6) is 0 Å². The Labute approximate surface area is 234 Å². The van der Waals surface area contributed by atoms with Crippen LogP contribution >= 0.6 is 0 Å². The molecule has 1 aliphatic carbocycles. The van der Waals surface area contributed by atoms with Crippen molar-refractivity contribution in [2.75, 3.05) is 0 Å². The number of carbonyl (C=O) groups excluding carboxylic acids is 5. The summed E-state index contributed by atoms with van der Waals surface area (Å²) in [5.74, 6) is 0.779. The number of aldehydes is 1. The molecule has 0 aliphatic heterocycles. The number of rotatable bonds is 18. The van der Waals surface area contributed by atoms with Gasteiger partial charge in [-0.2, -0.15) is 0 Å². The molecule has 0 N–H and O–H groups in total. The van der Waals surface area contributed by atoms with Crippen LogP contribution in [0.15, 0.2) is 23.8 Å². The van der Waals surface area contributed by atoms with Crippen LogP contribution in [0, 0.1) is 0 Å². The lowest BCUT2D eigenvalue weighted by molar-refractivity contribution is -0.123. The number of carbonyl (C=O) groups is 5. The van der Waals surface area contributed by atoms with Crippen LogP contribution in [-0.2, 0) is 24.0 Å². The number of unbranched alkanes of at least 4 members (excludes halogenated alkanes) is 9. The van der Waals surface area contributed by atoms with E-state index < -0.39 is 0 Å². The van der Waals surface area contributed by atoms with E-state index in [4.69, 9.17) is 0 Å². The third kappa shape index (κ3) is 31.9. The van der Waals surface area contributed by atoms with E-state index in [0.29, 0.717) is 25.0 Å². The fraction of sp³-hybridized carbons (Fsp3) is 0.727. The van der Waals surface area contributed by atoms with Gasteiger partial charge in [0.1, 0.15) is 17.9 Å². The van der Waals surface area contributed by atoms with Crippen LogP contribution < -0.4 is 0 Å². The van der Waals surface area contributed by atoms with Crippen molar-refractivity contribution in [3.63, 3.8) is 0 Å². The summed E-state index contributed by atoms with van der Waals surface area (Å²) in [7, 11) is 0. The molecule has 0 amide bonds. The summed E-state index contributed by atoms with van der Waals surface area (Å²) in [5, 5.41) is 0. The molecule has 0 aromatic rings. The zero-order valence-electron chi connectivity index (χ0n) is 25.6. The average Bonchev–Trinajstić information content (AvgIpc) is 3.21. The lowest BCUT2D eigenvalue weighted by Gasteiger charge is -2.00. The smallest absolute Gasteiger partial charge is 0.159 e. The fourth-order valence-electron chi connectivity index (χ4n) is 3.59. The molecular formula is C33H58O5. The summed E-state index contributed by atoms with van der Waals surface area (Å²) >= 11 is 0. The van der Waals surface area contributed by atoms with E-state index in [9.17, 15) is 24.0 Å². The zero-order valence-corrected chi connectivity index (χ0v) is 25.6. The monoisotopic (exact) mass is 534 g/mol.